The third kappa shape index (κ3) is 2.45. The molecule has 0 spiro atoms. The maximum atomic E-state index is 12.9. The highest BCUT2D eigenvalue weighted by molar-refractivity contribution is 5.46. The molecule has 4 heterocycles. The van der Waals surface area contributed by atoms with E-state index in [-0.39, 0.29) is 11.7 Å². The van der Waals surface area contributed by atoms with Crippen LogP contribution < -0.4 is 4.90 Å². The van der Waals surface area contributed by atoms with Crippen LogP contribution in [-0.2, 0) is 6.18 Å². The molecule has 1 saturated heterocycles. The Morgan fingerprint density at radius 1 is 1.12 bits per heavy atom. The highest BCUT2D eigenvalue weighted by atomic mass is 19.4. The van der Waals surface area contributed by atoms with Gasteiger partial charge in [-0.05, 0) is 19.1 Å². The Labute approximate surface area is 135 Å². The van der Waals surface area contributed by atoms with Gasteiger partial charge in [-0.3, -0.25) is 4.40 Å². The predicted octanol–water partition coefficient (Wildman–Crippen LogP) is 2.45. The van der Waals surface area contributed by atoms with E-state index in [1.54, 1.807) is 4.90 Å². The van der Waals surface area contributed by atoms with Crippen molar-refractivity contribution < 1.29 is 13.2 Å². The number of hydrogen-bond donors (Lipinski definition) is 0. The first kappa shape index (κ1) is 14.9. The number of rotatable bonds is 2. The van der Waals surface area contributed by atoms with Gasteiger partial charge in [0.15, 0.2) is 5.65 Å². The minimum atomic E-state index is -4.48. The summed E-state index contributed by atoms with van der Waals surface area (Å²) < 4.78 is 40.5. The van der Waals surface area contributed by atoms with Gasteiger partial charge in [0.2, 0.25) is 0 Å². The zero-order chi connectivity index (χ0) is 16.9. The highest BCUT2D eigenvalue weighted by Gasteiger charge is 2.37. The fourth-order valence-electron chi connectivity index (χ4n) is 2.83. The van der Waals surface area contributed by atoms with Crippen molar-refractivity contribution >= 4 is 11.5 Å². The van der Waals surface area contributed by atoms with E-state index in [9.17, 15) is 13.2 Å². The van der Waals surface area contributed by atoms with E-state index in [0.29, 0.717) is 18.9 Å². The first-order valence-corrected chi connectivity index (χ1v) is 7.39. The van der Waals surface area contributed by atoms with Gasteiger partial charge in [0.05, 0.1) is 5.92 Å². The van der Waals surface area contributed by atoms with Crippen molar-refractivity contribution in [2.24, 2.45) is 0 Å². The summed E-state index contributed by atoms with van der Waals surface area (Å²) in [5.41, 5.74) is -0.162. The van der Waals surface area contributed by atoms with E-state index >= 15 is 0 Å². The average molecular weight is 334 g/mol. The molecule has 0 aromatic carbocycles. The van der Waals surface area contributed by atoms with Gasteiger partial charge in [-0.2, -0.15) is 13.2 Å². The molecule has 1 fully saturated rings. The molecule has 0 amide bonds. The van der Waals surface area contributed by atoms with Crippen molar-refractivity contribution in [1.82, 2.24) is 24.6 Å². The highest BCUT2D eigenvalue weighted by Crippen LogP contribution is 2.33. The molecule has 3 aromatic rings. The number of halogens is 3. The molecule has 124 valence electrons. The van der Waals surface area contributed by atoms with Gasteiger partial charge in [0, 0.05) is 25.4 Å². The molecule has 0 radical (unpaired) electrons. The molecule has 0 N–H and O–H groups in total. The molecule has 1 aliphatic rings. The third-order valence-electron chi connectivity index (χ3n) is 4.03. The van der Waals surface area contributed by atoms with Gasteiger partial charge in [0.25, 0.3) is 0 Å². The second kappa shape index (κ2) is 5.15. The molecular formula is C15H13F3N6. The fraction of sp³-hybridized carbons (Fsp3) is 0.333. The van der Waals surface area contributed by atoms with E-state index in [1.165, 1.54) is 6.92 Å². The van der Waals surface area contributed by atoms with E-state index in [1.807, 2.05) is 28.8 Å². The summed E-state index contributed by atoms with van der Waals surface area (Å²) in [5.74, 6) is 1.31. The van der Waals surface area contributed by atoms with Crippen LogP contribution in [0.4, 0.5) is 19.0 Å². The van der Waals surface area contributed by atoms with Gasteiger partial charge in [-0.15, -0.1) is 10.2 Å². The van der Waals surface area contributed by atoms with E-state index in [0.717, 1.165) is 17.5 Å². The van der Waals surface area contributed by atoms with Gasteiger partial charge in [-0.25, -0.2) is 9.97 Å². The summed E-state index contributed by atoms with van der Waals surface area (Å²) in [6.45, 7) is 2.55. The molecule has 0 atom stereocenters. The number of aromatic nitrogens is 5. The number of hydrogen-bond acceptors (Lipinski definition) is 5. The maximum Gasteiger partial charge on any atom is 0.433 e. The minimum Gasteiger partial charge on any atom is -0.355 e. The Hall–Kier alpha value is -2.71. The zero-order valence-corrected chi connectivity index (χ0v) is 12.7. The summed E-state index contributed by atoms with van der Waals surface area (Å²) in [7, 11) is 0. The molecule has 3 aromatic heterocycles. The molecule has 0 unspecified atom stereocenters. The van der Waals surface area contributed by atoms with E-state index < -0.39 is 11.9 Å². The SMILES string of the molecule is Cc1nc(N2CC(c3nnc4ccccn34)C2)cc(C(F)(F)F)n1. The summed E-state index contributed by atoms with van der Waals surface area (Å²) in [6, 6.07) is 6.62. The van der Waals surface area contributed by atoms with Crippen molar-refractivity contribution in [3.8, 4) is 0 Å². The third-order valence-corrected chi connectivity index (χ3v) is 4.03. The Balaban J connectivity index is 1.57. The minimum absolute atomic E-state index is 0.104. The molecule has 9 heteroatoms. The van der Waals surface area contributed by atoms with Crippen molar-refractivity contribution in [1.29, 1.82) is 0 Å². The topological polar surface area (TPSA) is 59.2 Å². The second-order valence-electron chi connectivity index (χ2n) is 5.75. The number of pyridine rings is 1. The van der Waals surface area contributed by atoms with Crippen LogP contribution in [0.3, 0.4) is 0 Å². The lowest BCUT2D eigenvalue weighted by atomic mass is 9.99. The smallest absolute Gasteiger partial charge is 0.355 e. The Kier molecular flexibility index (Phi) is 3.19. The lowest BCUT2D eigenvalue weighted by Crippen LogP contribution is -2.46. The molecule has 0 saturated carbocycles. The van der Waals surface area contributed by atoms with Crippen molar-refractivity contribution in [3.05, 3.63) is 47.8 Å². The van der Waals surface area contributed by atoms with Crippen LogP contribution in [-0.4, -0.2) is 37.7 Å². The monoisotopic (exact) mass is 334 g/mol. The van der Waals surface area contributed by atoms with Crippen molar-refractivity contribution in [2.45, 2.75) is 19.0 Å². The van der Waals surface area contributed by atoms with Gasteiger partial charge < -0.3 is 4.90 Å². The zero-order valence-electron chi connectivity index (χ0n) is 12.7. The number of fused-ring (bicyclic) bond motifs is 1. The van der Waals surface area contributed by atoms with Crippen LogP contribution in [0.2, 0.25) is 0 Å². The summed E-state index contributed by atoms with van der Waals surface area (Å²) in [6.07, 6.45) is -2.60. The number of alkyl halides is 3. The summed E-state index contributed by atoms with van der Waals surface area (Å²) in [4.78, 5) is 9.38. The Morgan fingerprint density at radius 3 is 2.67 bits per heavy atom. The Bertz CT molecular complexity index is 898. The van der Waals surface area contributed by atoms with Crippen molar-refractivity contribution in [3.63, 3.8) is 0 Å². The Morgan fingerprint density at radius 2 is 1.92 bits per heavy atom. The largest absolute Gasteiger partial charge is 0.433 e. The second-order valence-corrected chi connectivity index (χ2v) is 5.75. The van der Waals surface area contributed by atoms with Gasteiger partial charge in [-0.1, -0.05) is 6.07 Å². The average Bonchev–Trinajstić information content (AvgIpc) is 2.88. The van der Waals surface area contributed by atoms with Gasteiger partial charge in [0.1, 0.15) is 23.2 Å². The lowest BCUT2D eigenvalue weighted by Gasteiger charge is -2.39. The quantitative estimate of drug-likeness (QED) is 0.720. The first-order valence-electron chi connectivity index (χ1n) is 7.39. The standard InChI is InChI=1S/C15H13F3N6/c1-9-19-11(15(16,17)18)6-13(20-9)23-7-10(8-23)14-22-21-12-4-2-3-5-24(12)14/h2-6,10H,7-8H2,1H3. The van der Waals surface area contributed by atoms with Crippen LogP contribution >= 0.6 is 0 Å². The van der Waals surface area contributed by atoms with Crippen LogP contribution in [0.5, 0.6) is 0 Å². The van der Waals surface area contributed by atoms with Crippen LogP contribution in [0.15, 0.2) is 30.5 Å². The van der Waals surface area contributed by atoms with Crippen LogP contribution in [0.25, 0.3) is 5.65 Å². The molecule has 0 bridgehead atoms. The molecular weight excluding hydrogens is 321 g/mol. The molecule has 1 aliphatic heterocycles. The van der Waals surface area contributed by atoms with E-state index in [4.69, 9.17) is 0 Å². The van der Waals surface area contributed by atoms with Gasteiger partial charge >= 0.3 is 6.18 Å². The molecule has 6 nitrogen and oxygen atoms in total. The first-order chi connectivity index (χ1) is 11.4. The van der Waals surface area contributed by atoms with Crippen molar-refractivity contribution in [2.75, 3.05) is 18.0 Å². The van der Waals surface area contributed by atoms with Crippen LogP contribution in [0, 0.1) is 6.92 Å². The molecule has 4 rings (SSSR count). The fourth-order valence-corrected chi connectivity index (χ4v) is 2.83. The summed E-state index contributed by atoms with van der Waals surface area (Å²) in [5, 5.41) is 8.29. The van der Waals surface area contributed by atoms with E-state index in [2.05, 4.69) is 20.2 Å². The lowest BCUT2D eigenvalue weighted by molar-refractivity contribution is -0.141. The molecule has 0 aliphatic carbocycles. The predicted molar refractivity (Wildman–Crippen MR) is 79.7 cm³/mol. The number of aryl methyl sites for hydroxylation is 1. The maximum absolute atomic E-state index is 12.9. The number of anilines is 1. The molecule has 24 heavy (non-hydrogen) atoms. The van der Waals surface area contributed by atoms with Crippen LogP contribution in [0.1, 0.15) is 23.3 Å². The summed E-state index contributed by atoms with van der Waals surface area (Å²) >= 11 is 0. The normalized spacial score (nSPS) is 15.8. The number of nitrogens with zero attached hydrogens (tertiary/aromatic N) is 6.